The van der Waals surface area contributed by atoms with E-state index in [-0.39, 0.29) is 6.10 Å². The highest BCUT2D eigenvalue weighted by Crippen LogP contribution is 2.28. The third-order valence-electron chi connectivity index (χ3n) is 3.22. The summed E-state index contributed by atoms with van der Waals surface area (Å²) in [5, 5.41) is 3.31. The van der Waals surface area contributed by atoms with Crippen molar-refractivity contribution in [3.8, 4) is 5.75 Å². The van der Waals surface area contributed by atoms with Gasteiger partial charge in [-0.05, 0) is 18.1 Å². The average Bonchev–Trinajstić information content (AvgIpc) is 2.86. The Morgan fingerprint density at radius 1 is 1.41 bits per heavy atom. The highest BCUT2D eigenvalue weighted by Gasteiger charge is 2.16. The van der Waals surface area contributed by atoms with E-state index in [2.05, 4.69) is 23.5 Å². The number of ether oxygens (including phenoxy) is 2. The van der Waals surface area contributed by atoms with Crippen molar-refractivity contribution in [3.63, 3.8) is 0 Å². The van der Waals surface area contributed by atoms with E-state index in [0.29, 0.717) is 6.61 Å². The average molecular weight is 231 g/mol. The Kier molecular flexibility index (Phi) is 3.12. The Balaban J connectivity index is 1.64. The summed E-state index contributed by atoms with van der Waals surface area (Å²) in [4.78, 5) is 0. The molecule has 0 spiro atoms. The summed E-state index contributed by atoms with van der Waals surface area (Å²) in [6.07, 6.45) is 5.49. The lowest BCUT2D eigenvalue weighted by Crippen LogP contribution is -2.41. The minimum Gasteiger partial charge on any atom is -0.491 e. The van der Waals surface area contributed by atoms with Gasteiger partial charge < -0.3 is 14.8 Å². The number of fused-ring (bicyclic) bond motifs is 1. The fraction of sp³-hybridized carbons (Fsp3) is 0.429. The van der Waals surface area contributed by atoms with E-state index in [9.17, 15) is 0 Å². The minimum absolute atomic E-state index is 0.175. The van der Waals surface area contributed by atoms with Crippen LogP contribution in [0, 0.1) is 0 Å². The second-order valence-corrected chi connectivity index (χ2v) is 4.44. The normalized spacial score (nSPS) is 22.5. The molecule has 1 aromatic rings. The van der Waals surface area contributed by atoms with Gasteiger partial charge >= 0.3 is 0 Å². The number of benzene rings is 1. The Hall–Kier alpha value is -1.32. The highest BCUT2D eigenvalue weighted by molar-refractivity contribution is 5.63. The first-order valence-corrected chi connectivity index (χ1v) is 6.17. The molecule has 0 amide bonds. The van der Waals surface area contributed by atoms with E-state index in [1.807, 2.05) is 12.1 Å². The topological polar surface area (TPSA) is 30.5 Å². The molecule has 0 aromatic heterocycles. The molecule has 0 radical (unpaired) electrons. The predicted molar refractivity (Wildman–Crippen MR) is 67.3 cm³/mol. The smallest absolute Gasteiger partial charge is 0.123 e. The number of hydrogen-bond donors (Lipinski definition) is 1. The second-order valence-electron chi connectivity index (χ2n) is 4.44. The molecule has 1 saturated heterocycles. The Bertz CT molecular complexity index is 422. The Morgan fingerprint density at radius 2 is 2.41 bits per heavy atom. The van der Waals surface area contributed by atoms with Crippen LogP contribution in [-0.4, -0.2) is 32.4 Å². The van der Waals surface area contributed by atoms with Crippen LogP contribution in [0.3, 0.4) is 0 Å². The van der Waals surface area contributed by atoms with Gasteiger partial charge in [0, 0.05) is 18.7 Å². The van der Waals surface area contributed by atoms with E-state index in [1.54, 1.807) is 0 Å². The molecular formula is C14H17NO2. The summed E-state index contributed by atoms with van der Waals surface area (Å²) in [6.45, 7) is 3.24. The number of allylic oxidation sites excluding steroid dienone is 1. The van der Waals surface area contributed by atoms with Gasteiger partial charge in [-0.2, -0.15) is 0 Å². The maximum absolute atomic E-state index is 5.88. The molecule has 1 aromatic carbocycles. The maximum Gasteiger partial charge on any atom is 0.123 e. The van der Waals surface area contributed by atoms with Crippen molar-refractivity contribution in [1.29, 1.82) is 0 Å². The molecule has 90 valence electrons. The molecule has 0 saturated carbocycles. The van der Waals surface area contributed by atoms with Crippen LogP contribution in [0.1, 0.15) is 11.1 Å². The van der Waals surface area contributed by atoms with E-state index in [1.165, 1.54) is 11.1 Å². The lowest BCUT2D eigenvalue weighted by atomic mass is 10.1. The third-order valence-corrected chi connectivity index (χ3v) is 3.22. The number of morpholine rings is 1. The molecule has 1 N–H and O–H groups in total. The number of rotatable bonds is 3. The van der Waals surface area contributed by atoms with Crippen molar-refractivity contribution < 1.29 is 9.47 Å². The van der Waals surface area contributed by atoms with Crippen LogP contribution in [0.4, 0.5) is 0 Å². The largest absolute Gasteiger partial charge is 0.491 e. The zero-order valence-corrected chi connectivity index (χ0v) is 9.82. The quantitative estimate of drug-likeness (QED) is 0.857. The van der Waals surface area contributed by atoms with Crippen LogP contribution in [0.5, 0.6) is 5.75 Å². The first-order chi connectivity index (χ1) is 8.43. The molecule has 0 bridgehead atoms. The number of hydrogen-bond acceptors (Lipinski definition) is 3. The second kappa shape index (κ2) is 4.90. The van der Waals surface area contributed by atoms with E-state index >= 15 is 0 Å². The summed E-state index contributed by atoms with van der Waals surface area (Å²) in [5.41, 5.74) is 2.58. The standard InChI is InChI=1S/C14H17NO2/c1-3-11-4-2-6-14(13(11)5-1)17-10-12-9-15-7-8-16-12/h1-4,6,12,15H,5,7-10H2/t12-/m0/s1. The first kappa shape index (κ1) is 10.8. The van der Waals surface area contributed by atoms with Crippen LogP contribution < -0.4 is 10.1 Å². The zero-order valence-electron chi connectivity index (χ0n) is 9.82. The summed E-state index contributed by atoms with van der Waals surface area (Å²) in [7, 11) is 0. The summed E-state index contributed by atoms with van der Waals surface area (Å²) in [6, 6.07) is 6.22. The van der Waals surface area contributed by atoms with Gasteiger partial charge in [-0.25, -0.2) is 0 Å². The van der Waals surface area contributed by atoms with Gasteiger partial charge in [-0.3, -0.25) is 0 Å². The molecule has 2 aliphatic rings. The summed E-state index contributed by atoms with van der Waals surface area (Å²) in [5.74, 6) is 1.00. The lowest BCUT2D eigenvalue weighted by Gasteiger charge is -2.24. The van der Waals surface area contributed by atoms with Crippen LogP contribution >= 0.6 is 0 Å². The molecule has 1 atom stereocenters. The van der Waals surface area contributed by atoms with Gasteiger partial charge in [0.25, 0.3) is 0 Å². The summed E-state index contributed by atoms with van der Waals surface area (Å²) >= 11 is 0. The predicted octanol–water partition coefficient (Wildman–Crippen LogP) is 1.62. The monoisotopic (exact) mass is 231 g/mol. The molecule has 3 heteroatoms. The summed E-state index contributed by atoms with van der Waals surface area (Å²) < 4.78 is 11.5. The SMILES string of the molecule is C1=Cc2cccc(OC[C@@H]3CNCCO3)c2C1. The van der Waals surface area contributed by atoms with Gasteiger partial charge in [0.2, 0.25) is 0 Å². The molecule has 1 heterocycles. The molecule has 1 aliphatic heterocycles. The van der Waals surface area contributed by atoms with Crippen LogP contribution in [0.15, 0.2) is 24.3 Å². The number of nitrogens with one attached hydrogen (secondary N) is 1. The first-order valence-electron chi connectivity index (χ1n) is 6.17. The third kappa shape index (κ3) is 2.35. The molecule has 1 aliphatic carbocycles. The van der Waals surface area contributed by atoms with Crippen LogP contribution in [-0.2, 0) is 11.2 Å². The Morgan fingerprint density at radius 3 is 3.29 bits per heavy atom. The zero-order chi connectivity index (χ0) is 11.5. The van der Waals surface area contributed by atoms with Crippen LogP contribution in [0.2, 0.25) is 0 Å². The van der Waals surface area contributed by atoms with Crippen molar-refractivity contribution in [2.24, 2.45) is 0 Å². The van der Waals surface area contributed by atoms with Crippen molar-refractivity contribution in [1.82, 2.24) is 5.32 Å². The van der Waals surface area contributed by atoms with Crippen molar-refractivity contribution >= 4 is 6.08 Å². The van der Waals surface area contributed by atoms with Gasteiger partial charge in [0.1, 0.15) is 18.5 Å². The Labute approximate surface area is 101 Å². The van der Waals surface area contributed by atoms with Gasteiger partial charge in [0.05, 0.1) is 6.61 Å². The van der Waals surface area contributed by atoms with E-state index < -0.39 is 0 Å². The van der Waals surface area contributed by atoms with E-state index in [0.717, 1.165) is 31.9 Å². The fourth-order valence-electron chi connectivity index (χ4n) is 2.31. The fourth-order valence-corrected chi connectivity index (χ4v) is 2.31. The van der Waals surface area contributed by atoms with E-state index in [4.69, 9.17) is 9.47 Å². The van der Waals surface area contributed by atoms with Gasteiger partial charge in [0.15, 0.2) is 0 Å². The lowest BCUT2D eigenvalue weighted by molar-refractivity contribution is 0.0000403. The van der Waals surface area contributed by atoms with Crippen molar-refractivity contribution in [2.45, 2.75) is 12.5 Å². The molecule has 3 rings (SSSR count). The molecule has 1 fully saturated rings. The molecule has 17 heavy (non-hydrogen) atoms. The van der Waals surface area contributed by atoms with Crippen molar-refractivity contribution in [3.05, 3.63) is 35.4 Å². The molecular weight excluding hydrogens is 214 g/mol. The highest BCUT2D eigenvalue weighted by atomic mass is 16.5. The van der Waals surface area contributed by atoms with Gasteiger partial charge in [-0.1, -0.05) is 24.3 Å². The van der Waals surface area contributed by atoms with Crippen LogP contribution in [0.25, 0.3) is 6.08 Å². The molecule has 3 nitrogen and oxygen atoms in total. The minimum atomic E-state index is 0.175. The van der Waals surface area contributed by atoms with Gasteiger partial charge in [-0.15, -0.1) is 0 Å². The maximum atomic E-state index is 5.88. The molecule has 0 unspecified atom stereocenters. The van der Waals surface area contributed by atoms with Crippen molar-refractivity contribution in [2.75, 3.05) is 26.3 Å².